The maximum Gasteiger partial charge on any atom is 0.304 e. The van der Waals surface area contributed by atoms with Crippen LogP contribution in [-0.4, -0.2) is 34.7 Å². The van der Waals surface area contributed by atoms with Gasteiger partial charge < -0.3 is 21.1 Å². The number of nitrogens with one attached hydrogen (secondary N) is 2. The van der Waals surface area contributed by atoms with E-state index >= 15 is 0 Å². The fraction of sp³-hybridized carbons (Fsp3) is 0.318. The zero-order valence-corrected chi connectivity index (χ0v) is 15.7. The second-order valence-corrected chi connectivity index (χ2v) is 7.12. The minimum Gasteiger partial charge on any atom is -0.481 e. The number of carbonyl (C=O) groups is 1. The summed E-state index contributed by atoms with van der Waals surface area (Å²) in [5, 5.41) is 13.9. The molecular weight excluding hydrogens is 357 g/mol. The van der Waals surface area contributed by atoms with Crippen LogP contribution in [0.25, 0.3) is 10.9 Å². The van der Waals surface area contributed by atoms with E-state index in [1.165, 1.54) is 12.1 Å². The van der Waals surface area contributed by atoms with E-state index in [2.05, 4.69) is 10.3 Å². The van der Waals surface area contributed by atoms with Crippen LogP contribution < -0.4 is 11.1 Å². The quantitative estimate of drug-likeness (QED) is 0.433. The minimum atomic E-state index is -0.841. The largest absolute Gasteiger partial charge is 0.481 e. The summed E-state index contributed by atoms with van der Waals surface area (Å²) in [7, 11) is 0. The van der Waals surface area contributed by atoms with Crippen molar-refractivity contribution in [2.24, 2.45) is 5.73 Å². The molecule has 1 aromatic heterocycles. The third-order valence-corrected chi connectivity index (χ3v) is 5.01. The molecule has 0 radical (unpaired) electrons. The van der Waals surface area contributed by atoms with Gasteiger partial charge in [0.05, 0.1) is 6.42 Å². The Labute approximate surface area is 163 Å². The summed E-state index contributed by atoms with van der Waals surface area (Å²) in [6.45, 7) is 0.408. The molecule has 0 aliphatic carbocycles. The van der Waals surface area contributed by atoms with E-state index in [4.69, 9.17) is 5.73 Å². The summed E-state index contributed by atoms with van der Waals surface area (Å²) >= 11 is 0. The monoisotopic (exact) mass is 383 g/mol. The number of carboxylic acid groups (broad SMARTS) is 1. The lowest BCUT2D eigenvalue weighted by Gasteiger charge is -2.24. The fourth-order valence-electron chi connectivity index (χ4n) is 3.56. The molecule has 0 saturated heterocycles. The van der Waals surface area contributed by atoms with E-state index in [9.17, 15) is 14.3 Å². The van der Waals surface area contributed by atoms with E-state index in [-0.39, 0.29) is 24.3 Å². The number of para-hydroxylation sites is 1. The lowest BCUT2D eigenvalue weighted by molar-refractivity contribution is -0.137. The summed E-state index contributed by atoms with van der Waals surface area (Å²) in [6.07, 6.45) is 4.07. The molecule has 2 atom stereocenters. The molecule has 0 aliphatic heterocycles. The number of aromatic amines is 1. The predicted molar refractivity (Wildman–Crippen MR) is 109 cm³/mol. The van der Waals surface area contributed by atoms with Crippen LogP contribution >= 0.6 is 0 Å². The van der Waals surface area contributed by atoms with Gasteiger partial charge in [-0.3, -0.25) is 4.79 Å². The van der Waals surface area contributed by atoms with Crippen molar-refractivity contribution in [3.63, 3.8) is 0 Å². The number of benzene rings is 2. The highest BCUT2D eigenvalue weighted by Gasteiger charge is 2.19. The van der Waals surface area contributed by atoms with Crippen molar-refractivity contribution in [3.8, 4) is 0 Å². The molecule has 1 heterocycles. The Morgan fingerprint density at radius 1 is 1.14 bits per heavy atom. The minimum absolute atomic E-state index is 0.0143. The van der Waals surface area contributed by atoms with E-state index in [1.54, 1.807) is 12.1 Å². The van der Waals surface area contributed by atoms with Crippen LogP contribution in [0.1, 0.15) is 24.0 Å². The number of fused-ring (bicyclic) bond motifs is 1. The normalized spacial score (nSPS) is 13.5. The molecule has 6 heteroatoms. The number of rotatable bonds is 10. The number of hydrogen-bond acceptors (Lipinski definition) is 3. The summed E-state index contributed by atoms with van der Waals surface area (Å²) in [5.74, 6) is -1.09. The first-order valence-electron chi connectivity index (χ1n) is 9.52. The average molecular weight is 383 g/mol. The first kappa shape index (κ1) is 20.0. The van der Waals surface area contributed by atoms with Crippen LogP contribution in [0.5, 0.6) is 0 Å². The summed E-state index contributed by atoms with van der Waals surface area (Å²) in [5.41, 5.74) is 9.09. The molecule has 0 aliphatic rings. The third kappa shape index (κ3) is 5.41. The number of H-pyrrole nitrogens is 1. The second kappa shape index (κ2) is 9.48. The Hall–Kier alpha value is -2.70. The summed E-state index contributed by atoms with van der Waals surface area (Å²) in [6, 6.07) is 14.2. The van der Waals surface area contributed by atoms with Crippen LogP contribution in [0.15, 0.2) is 54.7 Å². The Kier molecular flexibility index (Phi) is 6.79. The van der Waals surface area contributed by atoms with E-state index in [1.807, 2.05) is 30.5 Å². The van der Waals surface area contributed by atoms with Gasteiger partial charge in [0, 0.05) is 35.7 Å². The lowest BCUT2D eigenvalue weighted by atomic mass is 9.99. The first-order chi connectivity index (χ1) is 13.5. The number of carboxylic acids is 1. The maximum atomic E-state index is 13.0. The molecule has 0 saturated carbocycles. The van der Waals surface area contributed by atoms with Crippen molar-refractivity contribution in [1.82, 2.24) is 10.3 Å². The average Bonchev–Trinajstić information content (AvgIpc) is 3.09. The zero-order valence-electron chi connectivity index (χ0n) is 15.7. The van der Waals surface area contributed by atoms with E-state index in [0.717, 1.165) is 34.9 Å². The Balaban J connectivity index is 1.66. The van der Waals surface area contributed by atoms with Crippen LogP contribution in [0.4, 0.5) is 4.39 Å². The lowest BCUT2D eigenvalue weighted by Crippen LogP contribution is -2.45. The molecule has 3 aromatic rings. The maximum absolute atomic E-state index is 13.0. The molecule has 0 amide bonds. The van der Waals surface area contributed by atoms with Gasteiger partial charge in [0.25, 0.3) is 0 Å². The number of aliphatic carboxylic acids is 1. The predicted octanol–water partition coefficient (Wildman–Crippen LogP) is 3.24. The highest BCUT2D eigenvalue weighted by atomic mass is 19.1. The van der Waals surface area contributed by atoms with Crippen molar-refractivity contribution < 1.29 is 14.3 Å². The molecule has 5 nitrogen and oxygen atoms in total. The molecule has 3 rings (SSSR count). The van der Waals surface area contributed by atoms with Crippen LogP contribution in [-0.2, 0) is 17.6 Å². The topological polar surface area (TPSA) is 91.1 Å². The van der Waals surface area contributed by atoms with Gasteiger partial charge in [-0.1, -0.05) is 30.3 Å². The SMILES string of the molecule is NCC(CCc1ccc(F)cc1)N[C@@H](CC(=O)O)Cc1c[nH]c2ccccc12. The molecule has 0 spiro atoms. The Morgan fingerprint density at radius 3 is 2.61 bits per heavy atom. The number of aryl methyl sites for hydroxylation is 1. The van der Waals surface area contributed by atoms with Crippen LogP contribution in [0, 0.1) is 5.82 Å². The zero-order chi connectivity index (χ0) is 19.9. The van der Waals surface area contributed by atoms with E-state index < -0.39 is 5.97 Å². The van der Waals surface area contributed by atoms with Gasteiger partial charge in [-0.05, 0) is 48.6 Å². The van der Waals surface area contributed by atoms with Gasteiger partial charge in [0.1, 0.15) is 5.82 Å². The molecule has 0 bridgehead atoms. The van der Waals surface area contributed by atoms with Gasteiger partial charge in [0.15, 0.2) is 0 Å². The molecule has 5 N–H and O–H groups in total. The van der Waals surface area contributed by atoms with Crippen LogP contribution in [0.3, 0.4) is 0 Å². The molecular formula is C22H26FN3O2. The number of nitrogens with two attached hydrogens (primary N) is 1. The molecule has 28 heavy (non-hydrogen) atoms. The van der Waals surface area contributed by atoms with Gasteiger partial charge in [-0.25, -0.2) is 4.39 Å². The molecule has 1 unspecified atom stereocenters. The standard InChI is InChI=1S/C22H26FN3O2/c23-17-8-5-15(6-9-17)7-10-18(13-24)26-19(12-22(27)28)11-16-14-25-21-4-2-1-3-20(16)21/h1-6,8-9,14,18-19,25-26H,7,10-13,24H2,(H,27,28)/t18?,19-/m1/s1. The molecule has 148 valence electrons. The van der Waals surface area contributed by atoms with Crippen molar-refractivity contribution in [2.75, 3.05) is 6.54 Å². The number of aromatic nitrogens is 1. The summed E-state index contributed by atoms with van der Waals surface area (Å²) < 4.78 is 13.0. The van der Waals surface area contributed by atoms with Gasteiger partial charge in [-0.15, -0.1) is 0 Å². The van der Waals surface area contributed by atoms with Crippen molar-refractivity contribution in [1.29, 1.82) is 0 Å². The highest BCUT2D eigenvalue weighted by Crippen LogP contribution is 2.20. The van der Waals surface area contributed by atoms with Crippen molar-refractivity contribution in [2.45, 2.75) is 37.8 Å². The first-order valence-corrected chi connectivity index (χ1v) is 9.52. The second-order valence-electron chi connectivity index (χ2n) is 7.12. The number of halogens is 1. The van der Waals surface area contributed by atoms with Gasteiger partial charge in [0.2, 0.25) is 0 Å². The Morgan fingerprint density at radius 2 is 1.89 bits per heavy atom. The highest BCUT2D eigenvalue weighted by molar-refractivity contribution is 5.83. The number of hydrogen-bond donors (Lipinski definition) is 4. The van der Waals surface area contributed by atoms with E-state index in [0.29, 0.717) is 13.0 Å². The van der Waals surface area contributed by atoms with Crippen molar-refractivity contribution >= 4 is 16.9 Å². The summed E-state index contributed by atoms with van der Waals surface area (Å²) in [4.78, 5) is 14.6. The molecule has 0 fully saturated rings. The fourth-order valence-corrected chi connectivity index (χ4v) is 3.56. The van der Waals surface area contributed by atoms with Gasteiger partial charge in [-0.2, -0.15) is 0 Å². The van der Waals surface area contributed by atoms with Gasteiger partial charge >= 0.3 is 5.97 Å². The third-order valence-electron chi connectivity index (χ3n) is 5.01. The smallest absolute Gasteiger partial charge is 0.304 e. The molecule has 2 aromatic carbocycles. The van der Waals surface area contributed by atoms with Crippen LogP contribution in [0.2, 0.25) is 0 Å². The Bertz CT molecular complexity index is 908. The van der Waals surface area contributed by atoms with Crippen molar-refractivity contribution in [3.05, 3.63) is 71.7 Å².